The molecule has 1 saturated heterocycles. The minimum atomic E-state index is -0.171. The molecule has 184 valence electrons. The Bertz CT molecular complexity index is 1470. The van der Waals surface area contributed by atoms with Gasteiger partial charge in [-0.05, 0) is 55.9 Å². The number of rotatable bonds is 6. The summed E-state index contributed by atoms with van der Waals surface area (Å²) in [4.78, 5) is 27.3. The van der Waals surface area contributed by atoms with E-state index in [9.17, 15) is 4.79 Å². The van der Waals surface area contributed by atoms with Crippen LogP contribution in [0.3, 0.4) is 0 Å². The summed E-state index contributed by atoms with van der Waals surface area (Å²) in [6.45, 7) is 6.53. The molecule has 4 aromatic rings. The summed E-state index contributed by atoms with van der Waals surface area (Å²) < 4.78 is 1.63. The van der Waals surface area contributed by atoms with Gasteiger partial charge in [0.2, 0.25) is 5.95 Å². The highest BCUT2D eigenvalue weighted by Gasteiger charge is 2.16. The Morgan fingerprint density at radius 3 is 2.47 bits per heavy atom. The number of fused-ring (bicyclic) bond motifs is 1. The number of nitrogens with zero attached hydrogens (tertiary/aromatic N) is 5. The molecule has 5 rings (SSSR count). The first-order valence-electron chi connectivity index (χ1n) is 12.0. The van der Waals surface area contributed by atoms with E-state index in [4.69, 9.17) is 17.0 Å². The van der Waals surface area contributed by atoms with E-state index in [1.54, 1.807) is 35.0 Å². The number of benzene rings is 2. The van der Waals surface area contributed by atoms with Crippen LogP contribution in [-0.4, -0.2) is 58.9 Å². The van der Waals surface area contributed by atoms with Gasteiger partial charge in [-0.3, -0.25) is 9.36 Å². The Morgan fingerprint density at radius 2 is 1.81 bits per heavy atom. The number of aryl methyl sites for hydroxylation is 1. The van der Waals surface area contributed by atoms with Gasteiger partial charge in [-0.25, -0.2) is 4.98 Å². The molecular weight excluding hydrogens is 474 g/mol. The first-order chi connectivity index (χ1) is 17.5. The standard InChI is InChI=1S/C27H28ClN7O/c1-3-35-25-19(15-23(26(35)36)22-9-4-18(16-29)14-24(22)28)17-30-27(32-25)31-20-5-7-21(8-6-20)34-12-10-33(2)11-13-34/h4-9,14-17,29H,3,10-13H2,1-2H3,(H,30,31,32). The maximum Gasteiger partial charge on any atom is 0.260 e. The van der Waals surface area contributed by atoms with Crippen molar-refractivity contribution in [2.75, 3.05) is 43.4 Å². The van der Waals surface area contributed by atoms with Gasteiger partial charge in [0.15, 0.2) is 0 Å². The molecule has 0 saturated carbocycles. The minimum Gasteiger partial charge on any atom is -0.369 e. The van der Waals surface area contributed by atoms with Gasteiger partial charge >= 0.3 is 0 Å². The first kappa shape index (κ1) is 24.0. The molecule has 1 fully saturated rings. The largest absolute Gasteiger partial charge is 0.369 e. The van der Waals surface area contributed by atoms with Crippen LogP contribution in [0, 0.1) is 5.41 Å². The van der Waals surface area contributed by atoms with Crippen LogP contribution in [0.15, 0.2) is 59.5 Å². The van der Waals surface area contributed by atoms with Gasteiger partial charge in [0, 0.05) is 78.0 Å². The highest BCUT2D eigenvalue weighted by molar-refractivity contribution is 6.33. The van der Waals surface area contributed by atoms with Crippen LogP contribution in [0.5, 0.6) is 0 Å². The molecule has 1 aliphatic rings. The zero-order valence-corrected chi connectivity index (χ0v) is 21.1. The second-order valence-corrected chi connectivity index (χ2v) is 9.33. The number of aromatic nitrogens is 3. The molecule has 2 aromatic heterocycles. The second-order valence-electron chi connectivity index (χ2n) is 8.93. The molecular formula is C27H28ClN7O. The summed E-state index contributed by atoms with van der Waals surface area (Å²) in [6, 6.07) is 15.3. The quantitative estimate of drug-likeness (QED) is 0.374. The van der Waals surface area contributed by atoms with Crippen molar-refractivity contribution in [2.45, 2.75) is 13.5 Å². The Morgan fingerprint density at radius 1 is 1.06 bits per heavy atom. The third-order valence-electron chi connectivity index (χ3n) is 6.59. The third kappa shape index (κ3) is 4.69. The van der Waals surface area contributed by atoms with Crippen molar-refractivity contribution in [1.82, 2.24) is 19.4 Å². The number of anilines is 3. The van der Waals surface area contributed by atoms with Crippen molar-refractivity contribution in [2.24, 2.45) is 0 Å². The van der Waals surface area contributed by atoms with E-state index in [1.165, 1.54) is 11.9 Å². The van der Waals surface area contributed by atoms with E-state index in [1.807, 2.05) is 19.1 Å². The molecule has 8 nitrogen and oxygen atoms in total. The molecule has 2 N–H and O–H groups in total. The van der Waals surface area contributed by atoms with E-state index in [0.717, 1.165) is 37.3 Å². The van der Waals surface area contributed by atoms with Gasteiger partial charge in [0.1, 0.15) is 5.65 Å². The van der Waals surface area contributed by atoms with Crippen LogP contribution < -0.4 is 15.8 Å². The van der Waals surface area contributed by atoms with E-state index >= 15 is 0 Å². The van der Waals surface area contributed by atoms with Gasteiger partial charge < -0.3 is 20.5 Å². The fourth-order valence-electron chi connectivity index (χ4n) is 4.49. The molecule has 3 heterocycles. The SMILES string of the molecule is CCn1c(=O)c(-c2ccc(C=N)cc2Cl)cc2cnc(Nc3ccc(N4CCN(C)CC4)cc3)nc21. The Labute approximate surface area is 214 Å². The monoisotopic (exact) mass is 501 g/mol. The fourth-order valence-corrected chi connectivity index (χ4v) is 4.79. The zero-order valence-electron chi connectivity index (χ0n) is 20.3. The smallest absolute Gasteiger partial charge is 0.260 e. The van der Waals surface area contributed by atoms with E-state index in [2.05, 4.69) is 44.3 Å². The summed E-state index contributed by atoms with van der Waals surface area (Å²) in [5.41, 5.74) is 4.26. The minimum absolute atomic E-state index is 0.171. The van der Waals surface area contributed by atoms with Crippen molar-refractivity contribution in [3.63, 3.8) is 0 Å². The number of nitrogens with one attached hydrogen (secondary N) is 2. The van der Waals surface area contributed by atoms with Crippen LogP contribution >= 0.6 is 11.6 Å². The second kappa shape index (κ2) is 10.1. The van der Waals surface area contributed by atoms with Crippen LogP contribution in [0.4, 0.5) is 17.3 Å². The number of piperazine rings is 1. The summed E-state index contributed by atoms with van der Waals surface area (Å²) in [7, 11) is 2.15. The lowest BCUT2D eigenvalue weighted by atomic mass is 10.0. The summed E-state index contributed by atoms with van der Waals surface area (Å²) in [5, 5.41) is 11.9. The number of pyridine rings is 1. The van der Waals surface area contributed by atoms with Gasteiger partial charge in [-0.15, -0.1) is 0 Å². The molecule has 0 radical (unpaired) electrons. The highest BCUT2D eigenvalue weighted by Crippen LogP contribution is 2.29. The third-order valence-corrected chi connectivity index (χ3v) is 6.90. The molecule has 0 unspecified atom stereocenters. The first-order valence-corrected chi connectivity index (χ1v) is 12.4. The van der Waals surface area contributed by atoms with Gasteiger partial charge in [0.25, 0.3) is 5.56 Å². The zero-order chi connectivity index (χ0) is 25.2. The summed E-state index contributed by atoms with van der Waals surface area (Å²) in [5.74, 6) is 0.428. The van der Waals surface area contributed by atoms with Crippen molar-refractivity contribution >= 4 is 46.2 Å². The Balaban J connectivity index is 1.44. The van der Waals surface area contributed by atoms with Crippen molar-refractivity contribution in [3.8, 4) is 11.1 Å². The van der Waals surface area contributed by atoms with Crippen LogP contribution in [-0.2, 0) is 6.54 Å². The van der Waals surface area contributed by atoms with E-state index in [0.29, 0.717) is 39.9 Å². The van der Waals surface area contributed by atoms with Crippen molar-refractivity contribution in [3.05, 3.63) is 75.7 Å². The molecule has 0 atom stereocenters. The van der Waals surface area contributed by atoms with Crippen LogP contribution in [0.1, 0.15) is 12.5 Å². The maximum absolute atomic E-state index is 13.4. The molecule has 0 amide bonds. The lowest BCUT2D eigenvalue weighted by Crippen LogP contribution is -2.44. The molecule has 1 aliphatic heterocycles. The Hall–Kier alpha value is -3.75. The average molecular weight is 502 g/mol. The van der Waals surface area contributed by atoms with Crippen molar-refractivity contribution in [1.29, 1.82) is 5.41 Å². The Kier molecular flexibility index (Phi) is 6.71. The maximum atomic E-state index is 13.4. The van der Waals surface area contributed by atoms with Gasteiger partial charge in [-0.2, -0.15) is 4.98 Å². The fraction of sp³-hybridized carbons (Fsp3) is 0.259. The molecule has 2 aromatic carbocycles. The highest BCUT2D eigenvalue weighted by atomic mass is 35.5. The van der Waals surface area contributed by atoms with Gasteiger partial charge in [0.05, 0.1) is 0 Å². The predicted molar refractivity (Wildman–Crippen MR) is 147 cm³/mol. The van der Waals surface area contributed by atoms with Crippen LogP contribution in [0.25, 0.3) is 22.2 Å². The van der Waals surface area contributed by atoms with Crippen LogP contribution in [0.2, 0.25) is 5.02 Å². The predicted octanol–water partition coefficient (Wildman–Crippen LogP) is 4.62. The van der Waals surface area contributed by atoms with Gasteiger partial charge in [-0.1, -0.05) is 23.7 Å². The lowest BCUT2D eigenvalue weighted by Gasteiger charge is -2.34. The number of halogens is 1. The number of hydrogen-bond donors (Lipinski definition) is 2. The van der Waals surface area contributed by atoms with E-state index < -0.39 is 0 Å². The molecule has 9 heteroatoms. The summed E-state index contributed by atoms with van der Waals surface area (Å²) in [6.07, 6.45) is 2.95. The normalized spacial score (nSPS) is 14.2. The molecule has 0 spiro atoms. The van der Waals surface area contributed by atoms with Crippen molar-refractivity contribution < 1.29 is 0 Å². The molecule has 0 aliphatic carbocycles. The number of hydrogen-bond acceptors (Lipinski definition) is 7. The topological polar surface area (TPSA) is 90.1 Å². The van der Waals surface area contributed by atoms with E-state index in [-0.39, 0.29) is 5.56 Å². The molecule has 36 heavy (non-hydrogen) atoms. The lowest BCUT2D eigenvalue weighted by molar-refractivity contribution is 0.313. The molecule has 0 bridgehead atoms. The average Bonchev–Trinajstić information content (AvgIpc) is 2.89. The number of likely N-dealkylation sites (N-methyl/N-ethyl adjacent to an activating group) is 1. The summed E-state index contributed by atoms with van der Waals surface area (Å²) >= 11 is 6.45.